The molecule has 4 aromatic rings. The van der Waals surface area contributed by atoms with Gasteiger partial charge in [-0.05, 0) is 43.5 Å². The normalized spacial score (nSPS) is 13.6. The van der Waals surface area contributed by atoms with Gasteiger partial charge in [0.15, 0.2) is 0 Å². The average Bonchev–Trinajstić information content (AvgIpc) is 3.67. The van der Waals surface area contributed by atoms with Crippen LogP contribution in [0.3, 0.4) is 0 Å². The molecule has 3 aromatic carbocycles. The standard InChI is InChI=1S/C27H27N3O2/c1-19-7-11-21(12-8-19)26-24-5-3-4-6-25(24)27(31)30(28-26)18-29(22-13-14-22)17-20-9-15-23(32-2)16-10-20/h3-12,15-16,22H,13-14,17-18H2,1-2H3. The molecule has 0 aliphatic heterocycles. The highest BCUT2D eigenvalue weighted by Crippen LogP contribution is 2.30. The van der Waals surface area contributed by atoms with Gasteiger partial charge in [0.1, 0.15) is 5.75 Å². The fraction of sp³-hybridized carbons (Fsp3) is 0.259. The lowest BCUT2D eigenvalue weighted by Crippen LogP contribution is -2.35. The number of ether oxygens (including phenoxy) is 1. The van der Waals surface area contributed by atoms with Crippen molar-refractivity contribution >= 4 is 10.8 Å². The lowest BCUT2D eigenvalue weighted by molar-refractivity contribution is 0.184. The number of benzene rings is 3. The van der Waals surface area contributed by atoms with E-state index in [1.165, 1.54) is 11.1 Å². The largest absolute Gasteiger partial charge is 0.497 e. The summed E-state index contributed by atoms with van der Waals surface area (Å²) in [4.78, 5) is 15.7. The van der Waals surface area contributed by atoms with Crippen LogP contribution in [0.15, 0.2) is 77.6 Å². The highest BCUT2D eigenvalue weighted by Gasteiger charge is 2.30. The van der Waals surface area contributed by atoms with E-state index in [1.54, 1.807) is 11.8 Å². The molecular formula is C27H27N3O2. The molecule has 0 N–H and O–H groups in total. The molecule has 1 saturated carbocycles. The van der Waals surface area contributed by atoms with E-state index in [-0.39, 0.29) is 5.56 Å². The first kappa shape index (κ1) is 20.5. The molecule has 5 heteroatoms. The first-order valence-electron chi connectivity index (χ1n) is 11.1. The molecule has 0 amide bonds. The summed E-state index contributed by atoms with van der Waals surface area (Å²) in [6.07, 6.45) is 2.31. The Morgan fingerprint density at radius 1 is 0.969 bits per heavy atom. The summed E-state index contributed by atoms with van der Waals surface area (Å²) in [7, 11) is 1.68. The zero-order valence-electron chi connectivity index (χ0n) is 18.5. The highest BCUT2D eigenvalue weighted by atomic mass is 16.5. The Labute approximate surface area is 187 Å². The SMILES string of the molecule is COc1ccc(CN(Cn2nc(-c3ccc(C)cc3)c3ccccc3c2=O)C2CC2)cc1. The summed E-state index contributed by atoms with van der Waals surface area (Å²) < 4.78 is 6.92. The first-order valence-corrected chi connectivity index (χ1v) is 11.1. The van der Waals surface area contributed by atoms with Crippen molar-refractivity contribution in [1.29, 1.82) is 0 Å². The van der Waals surface area contributed by atoms with Crippen LogP contribution in [0.1, 0.15) is 24.0 Å². The molecule has 1 heterocycles. The smallest absolute Gasteiger partial charge is 0.275 e. The lowest BCUT2D eigenvalue weighted by atomic mass is 10.0. The Morgan fingerprint density at radius 2 is 1.66 bits per heavy atom. The van der Waals surface area contributed by atoms with Gasteiger partial charge in [-0.1, -0.05) is 60.2 Å². The fourth-order valence-corrected chi connectivity index (χ4v) is 4.13. The molecule has 1 aliphatic carbocycles. The minimum atomic E-state index is -0.0446. The van der Waals surface area contributed by atoms with Gasteiger partial charge in [-0.2, -0.15) is 5.10 Å². The predicted octanol–water partition coefficient (Wildman–Crippen LogP) is 5.00. The maximum Gasteiger partial charge on any atom is 0.275 e. The van der Waals surface area contributed by atoms with E-state index in [1.807, 2.05) is 36.4 Å². The zero-order chi connectivity index (χ0) is 22.1. The second kappa shape index (κ2) is 8.60. The molecule has 0 atom stereocenters. The predicted molar refractivity (Wildman–Crippen MR) is 128 cm³/mol. The molecule has 0 unspecified atom stereocenters. The first-order chi connectivity index (χ1) is 15.6. The van der Waals surface area contributed by atoms with Gasteiger partial charge in [0, 0.05) is 23.5 Å². The minimum Gasteiger partial charge on any atom is -0.497 e. The average molecular weight is 426 g/mol. The molecule has 1 aromatic heterocycles. The number of hydrogen-bond donors (Lipinski definition) is 0. The number of aryl methyl sites for hydroxylation is 1. The van der Waals surface area contributed by atoms with Crippen molar-refractivity contribution in [3.63, 3.8) is 0 Å². The van der Waals surface area contributed by atoms with Crippen molar-refractivity contribution in [3.8, 4) is 17.0 Å². The molecule has 32 heavy (non-hydrogen) atoms. The Morgan fingerprint density at radius 3 is 2.31 bits per heavy atom. The van der Waals surface area contributed by atoms with E-state index in [0.717, 1.165) is 41.8 Å². The molecular weight excluding hydrogens is 398 g/mol. The quantitative estimate of drug-likeness (QED) is 0.418. The van der Waals surface area contributed by atoms with Crippen LogP contribution in [-0.4, -0.2) is 27.8 Å². The van der Waals surface area contributed by atoms with E-state index < -0.39 is 0 Å². The maximum absolute atomic E-state index is 13.3. The van der Waals surface area contributed by atoms with Crippen molar-refractivity contribution in [1.82, 2.24) is 14.7 Å². The van der Waals surface area contributed by atoms with Gasteiger partial charge >= 0.3 is 0 Å². The van der Waals surface area contributed by atoms with E-state index in [2.05, 4.69) is 48.2 Å². The van der Waals surface area contributed by atoms with E-state index in [9.17, 15) is 4.79 Å². The zero-order valence-corrected chi connectivity index (χ0v) is 18.5. The molecule has 5 nitrogen and oxygen atoms in total. The van der Waals surface area contributed by atoms with Crippen molar-refractivity contribution in [2.75, 3.05) is 7.11 Å². The number of hydrogen-bond acceptors (Lipinski definition) is 4. The highest BCUT2D eigenvalue weighted by molar-refractivity contribution is 5.93. The molecule has 0 saturated heterocycles. The summed E-state index contributed by atoms with van der Waals surface area (Å²) in [6.45, 7) is 3.32. The third kappa shape index (κ3) is 4.16. The summed E-state index contributed by atoms with van der Waals surface area (Å²) in [5.41, 5.74) is 4.22. The summed E-state index contributed by atoms with van der Waals surface area (Å²) in [6, 6.07) is 24.7. The van der Waals surface area contributed by atoms with Crippen molar-refractivity contribution in [2.45, 2.75) is 39.0 Å². The van der Waals surface area contributed by atoms with Gasteiger partial charge in [-0.25, -0.2) is 4.68 Å². The fourth-order valence-electron chi connectivity index (χ4n) is 4.13. The van der Waals surface area contributed by atoms with Gasteiger partial charge in [0.05, 0.1) is 24.9 Å². The Hall–Kier alpha value is -3.44. The van der Waals surface area contributed by atoms with Gasteiger partial charge in [-0.3, -0.25) is 9.69 Å². The van der Waals surface area contributed by atoms with E-state index >= 15 is 0 Å². The van der Waals surface area contributed by atoms with Crippen LogP contribution in [0.2, 0.25) is 0 Å². The topological polar surface area (TPSA) is 47.4 Å². The Kier molecular flexibility index (Phi) is 5.50. The Balaban J connectivity index is 1.53. The lowest BCUT2D eigenvalue weighted by Gasteiger charge is -2.23. The second-order valence-corrected chi connectivity index (χ2v) is 8.53. The van der Waals surface area contributed by atoms with Gasteiger partial charge in [0.2, 0.25) is 0 Å². The van der Waals surface area contributed by atoms with E-state index in [0.29, 0.717) is 18.1 Å². The molecule has 1 aliphatic rings. The summed E-state index contributed by atoms with van der Waals surface area (Å²) in [5.74, 6) is 0.849. The van der Waals surface area contributed by atoms with Crippen LogP contribution in [0.4, 0.5) is 0 Å². The van der Waals surface area contributed by atoms with Crippen LogP contribution in [0.5, 0.6) is 5.75 Å². The van der Waals surface area contributed by atoms with Crippen LogP contribution in [-0.2, 0) is 13.2 Å². The van der Waals surface area contributed by atoms with Gasteiger partial charge in [-0.15, -0.1) is 0 Å². The van der Waals surface area contributed by atoms with Crippen LogP contribution >= 0.6 is 0 Å². The number of nitrogens with zero attached hydrogens (tertiary/aromatic N) is 3. The molecule has 1 fully saturated rings. The summed E-state index contributed by atoms with van der Waals surface area (Å²) >= 11 is 0. The maximum atomic E-state index is 13.3. The number of fused-ring (bicyclic) bond motifs is 1. The monoisotopic (exact) mass is 425 g/mol. The molecule has 0 bridgehead atoms. The Bertz CT molecular complexity index is 1290. The van der Waals surface area contributed by atoms with Gasteiger partial charge < -0.3 is 4.74 Å². The molecule has 5 rings (SSSR count). The number of methoxy groups -OCH3 is 1. The van der Waals surface area contributed by atoms with E-state index in [4.69, 9.17) is 9.84 Å². The summed E-state index contributed by atoms with van der Waals surface area (Å²) in [5, 5.41) is 6.46. The minimum absolute atomic E-state index is 0.0446. The van der Waals surface area contributed by atoms with Crippen molar-refractivity contribution < 1.29 is 4.74 Å². The van der Waals surface area contributed by atoms with Gasteiger partial charge in [0.25, 0.3) is 5.56 Å². The molecule has 162 valence electrons. The third-order valence-corrected chi connectivity index (χ3v) is 6.12. The van der Waals surface area contributed by atoms with Crippen LogP contribution < -0.4 is 10.3 Å². The molecule has 0 spiro atoms. The van der Waals surface area contributed by atoms with Crippen molar-refractivity contribution in [3.05, 3.63) is 94.3 Å². The number of aromatic nitrogens is 2. The second-order valence-electron chi connectivity index (χ2n) is 8.53. The van der Waals surface area contributed by atoms with Crippen molar-refractivity contribution in [2.24, 2.45) is 0 Å². The number of rotatable bonds is 7. The van der Waals surface area contributed by atoms with Crippen LogP contribution in [0.25, 0.3) is 22.0 Å². The molecule has 0 radical (unpaired) electrons. The third-order valence-electron chi connectivity index (χ3n) is 6.12. The van der Waals surface area contributed by atoms with Crippen LogP contribution in [0, 0.1) is 6.92 Å².